The van der Waals surface area contributed by atoms with Crippen molar-refractivity contribution in [3.8, 4) is 5.75 Å². The average molecular weight is 514 g/mol. The first-order valence-electron chi connectivity index (χ1n) is 11.2. The number of nitrogens with one attached hydrogen (secondary N) is 1. The number of hydrogen-bond acceptors (Lipinski definition) is 5. The van der Waals surface area contributed by atoms with E-state index in [-0.39, 0.29) is 22.7 Å². The third kappa shape index (κ3) is 6.01. The van der Waals surface area contributed by atoms with Crippen LogP contribution in [-0.4, -0.2) is 51.9 Å². The number of likely N-dealkylation sites (N-methyl/N-ethyl adjacent to an activating group) is 1. The number of amides is 2. The minimum Gasteiger partial charge on any atom is -0.497 e. The molecule has 0 radical (unpaired) electrons. The van der Waals surface area contributed by atoms with E-state index < -0.39 is 40.2 Å². The van der Waals surface area contributed by atoms with Gasteiger partial charge >= 0.3 is 0 Å². The van der Waals surface area contributed by atoms with E-state index in [2.05, 4.69) is 5.32 Å². The van der Waals surface area contributed by atoms with Gasteiger partial charge in [-0.15, -0.1) is 0 Å². The fraction of sp³-hybridized carbons (Fsp3) is 0.231. The topological polar surface area (TPSA) is 96.0 Å². The first kappa shape index (κ1) is 26.7. The summed E-state index contributed by atoms with van der Waals surface area (Å²) < 4.78 is 47.9. The molecule has 1 unspecified atom stereocenters. The van der Waals surface area contributed by atoms with Gasteiger partial charge in [-0.3, -0.25) is 13.9 Å². The second-order valence-corrected chi connectivity index (χ2v) is 9.79. The Morgan fingerprint density at radius 3 is 2.31 bits per heavy atom. The van der Waals surface area contributed by atoms with Gasteiger partial charge in [0.2, 0.25) is 11.8 Å². The number of hydrogen-bond donors (Lipinski definition) is 1. The van der Waals surface area contributed by atoms with Crippen molar-refractivity contribution in [2.24, 2.45) is 0 Å². The molecule has 0 saturated carbocycles. The Bertz CT molecular complexity index is 1320. The van der Waals surface area contributed by atoms with Crippen molar-refractivity contribution in [2.75, 3.05) is 25.0 Å². The van der Waals surface area contributed by atoms with Crippen molar-refractivity contribution in [3.05, 3.63) is 90.2 Å². The highest BCUT2D eigenvalue weighted by Gasteiger charge is 2.32. The molecule has 0 aliphatic rings. The predicted molar refractivity (Wildman–Crippen MR) is 134 cm³/mol. The number of benzene rings is 3. The summed E-state index contributed by atoms with van der Waals surface area (Å²) in [6, 6.07) is 18.9. The van der Waals surface area contributed by atoms with Crippen LogP contribution in [0.5, 0.6) is 5.75 Å². The Morgan fingerprint density at radius 2 is 1.67 bits per heavy atom. The summed E-state index contributed by atoms with van der Waals surface area (Å²) >= 11 is 0. The number of rotatable bonds is 10. The van der Waals surface area contributed by atoms with Crippen LogP contribution in [0.3, 0.4) is 0 Å². The van der Waals surface area contributed by atoms with Gasteiger partial charge in [-0.25, -0.2) is 12.8 Å². The highest BCUT2D eigenvalue weighted by Crippen LogP contribution is 2.27. The molecule has 1 atom stereocenters. The lowest BCUT2D eigenvalue weighted by atomic mass is 10.1. The molecule has 3 aromatic rings. The molecule has 0 heterocycles. The Balaban J connectivity index is 2.05. The number of anilines is 1. The van der Waals surface area contributed by atoms with Crippen molar-refractivity contribution >= 4 is 27.5 Å². The first-order valence-corrected chi connectivity index (χ1v) is 12.6. The van der Waals surface area contributed by atoms with Gasteiger partial charge in [0.05, 0.1) is 17.7 Å². The van der Waals surface area contributed by atoms with Crippen LogP contribution in [0.1, 0.15) is 12.5 Å². The molecule has 2 amide bonds. The molecule has 3 rings (SSSR count). The van der Waals surface area contributed by atoms with Gasteiger partial charge in [0, 0.05) is 25.2 Å². The van der Waals surface area contributed by atoms with Crippen LogP contribution in [-0.2, 0) is 26.2 Å². The zero-order valence-electron chi connectivity index (χ0n) is 20.2. The van der Waals surface area contributed by atoms with Gasteiger partial charge in [-0.05, 0) is 37.3 Å². The molecule has 0 aromatic heterocycles. The second-order valence-electron chi connectivity index (χ2n) is 7.93. The number of sulfonamides is 1. The molecule has 36 heavy (non-hydrogen) atoms. The summed E-state index contributed by atoms with van der Waals surface area (Å²) in [5.74, 6) is -1.30. The number of methoxy groups -OCH3 is 1. The van der Waals surface area contributed by atoms with Crippen LogP contribution in [0.2, 0.25) is 0 Å². The van der Waals surface area contributed by atoms with E-state index in [1.807, 2.05) is 0 Å². The maximum atomic E-state index is 14.4. The molecule has 0 bridgehead atoms. The highest BCUT2D eigenvalue weighted by atomic mass is 32.2. The fourth-order valence-corrected chi connectivity index (χ4v) is 5.04. The minimum absolute atomic E-state index is 0.0133. The Hall–Kier alpha value is -3.92. The van der Waals surface area contributed by atoms with E-state index in [1.54, 1.807) is 42.5 Å². The SMILES string of the molecule is CNC(=O)C(C)N(Cc1ccccc1F)C(=O)CN(c1cccc(OC)c1)S(=O)(=O)c1ccccc1. The fourth-order valence-electron chi connectivity index (χ4n) is 3.62. The molecule has 1 N–H and O–H groups in total. The van der Waals surface area contributed by atoms with E-state index in [9.17, 15) is 22.4 Å². The molecular weight excluding hydrogens is 485 g/mol. The molecule has 0 spiro atoms. The quantitative estimate of drug-likeness (QED) is 0.449. The van der Waals surface area contributed by atoms with Crippen LogP contribution in [0.4, 0.5) is 10.1 Å². The third-order valence-corrected chi connectivity index (χ3v) is 7.45. The lowest BCUT2D eigenvalue weighted by Gasteiger charge is -2.32. The van der Waals surface area contributed by atoms with Crippen molar-refractivity contribution in [2.45, 2.75) is 24.4 Å². The zero-order valence-corrected chi connectivity index (χ0v) is 21.0. The highest BCUT2D eigenvalue weighted by molar-refractivity contribution is 7.92. The molecule has 0 saturated heterocycles. The van der Waals surface area contributed by atoms with Crippen LogP contribution in [0, 0.1) is 5.82 Å². The van der Waals surface area contributed by atoms with E-state index in [4.69, 9.17) is 4.74 Å². The Labute approximate surface area is 210 Å². The number of nitrogens with zero attached hydrogens (tertiary/aromatic N) is 2. The number of carbonyl (C=O) groups excluding carboxylic acids is 2. The molecular formula is C26H28FN3O5S. The van der Waals surface area contributed by atoms with Gasteiger partial charge in [-0.2, -0.15) is 0 Å². The van der Waals surface area contributed by atoms with Crippen molar-refractivity contribution in [1.82, 2.24) is 10.2 Å². The summed E-state index contributed by atoms with van der Waals surface area (Å²) in [6.07, 6.45) is 0. The van der Waals surface area contributed by atoms with Crippen LogP contribution in [0.25, 0.3) is 0 Å². The lowest BCUT2D eigenvalue weighted by Crippen LogP contribution is -2.50. The maximum absolute atomic E-state index is 14.4. The predicted octanol–water partition coefficient (Wildman–Crippen LogP) is 3.19. The minimum atomic E-state index is -4.18. The van der Waals surface area contributed by atoms with E-state index in [0.717, 1.165) is 9.21 Å². The molecule has 10 heteroatoms. The molecule has 0 fully saturated rings. The zero-order chi connectivity index (χ0) is 26.3. The summed E-state index contributed by atoms with van der Waals surface area (Å²) in [6.45, 7) is 0.650. The van der Waals surface area contributed by atoms with Gasteiger partial charge < -0.3 is 15.0 Å². The van der Waals surface area contributed by atoms with Gasteiger partial charge in [0.15, 0.2) is 0 Å². The number of halogens is 1. The van der Waals surface area contributed by atoms with Crippen LogP contribution < -0.4 is 14.4 Å². The van der Waals surface area contributed by atoms with Crippen molar-refractivity contribution < 1.29 is 27.1 Å². The van der Waals surface area contributed by atoms with Gasteiger partial charge in [0.1, 0.15) is 24.2 Å². The normalized spacial score (nSPS) is 11.9. The van der Waals surface area contributed by atoms with Crippen LogP contribution in [0.15, 0.2) is 83.8 Å². The van der Waals surface area contributed by atoms with Crippen LogP contribution >= 0.6 is 0 Å². The molecule has 190 valence electrons. The maximum Gasteiger partial charge on any atom is 0.264 e. The third-order valence-electron chi connectivity index (χ3n) is 5.66. The van der Waals surface area contributed by atoms with E-state index >= 15 is 0 Å². The summed E-state index contributed by atoms with van der Waals surface area (Å²) in [7, 11) is -1.32. The van der Waals surface area contributed by atoms with Crippen molar-refractivity contribution in [3.63, 3.8) is 0 Å². The Morgan fingerprint density at radius 1 is 1.00 bits per heavy atom. The first-order chi connectivity index (χ1) is 17.2. The summed E-state index contributed by atoms with van der Waals surface area (Å²) in [4.78, 5) is 27.2. The molecule has 8 nitrogen and oxygen atoms in total. The number of ether oxygens (including phenoxy) is 1. The lowest BCUT2D eigenvalue weighted by molar-refractivity contribution is -0.139. The molecule has 0 aliphatic carbocycles. The average Bonchev–Trinajstić information content (AvgIpc) is 2.90. The Kier molecular flexibility index (Phi) is 8.65. The molecule has 0 aliphatic heterocycles. The van der Waals surface area contributed by atoms with E-state index in [1.165, 1.54) is 57.5 Å². The van der Waals surface area contributed by atoms with Crippen molar-refractivity contribution in [1.29, 1.82) is 0 Å². The monoisotopic (exact) mass is 513 g/mol. The summed E-state index contributed by atoms with van der Waals surface area (Å²) in [5, 5.41) is 2.48. The standard InChI is InChI=1S/C26H28FN3O5S/c1-19(26(32)28-2)29(17-20-10-7-8-15-24(20)27)25(31)18-30(21-11-9-12-22(16-21)35-3)36(33,34)23-13-5-4-6-14-23/h4-16,19H,17-18H2,1-3H3,(H,28,32). The smallest absolute Gasteiger partial charge is 0.264 e. The second kappa shape index (κ2) is 11.7. The van der Waals surface area contributed by atoms with Gasteiger partial charge in [0.25, 0.3) is 10.0 Å². The summed E-state index contributed by atoms with van der Waals surface area (Å²) in [5.41, 5.74) is 0.394. The number of carbonyl (C=O) groups is 2. The molecule has 3 aromatic carbocycles. The largest absolute Gasteiger partial charge is 0.497 e. The van der Waals surface area contributed by atoms with E-state index in [0.29, 0.717) is 5.75 Å². The van der Waals surface area contributed by atoms with Gasteiger partial charge in [-0.1, -0.05) is 42.5 Å².